The van der Waals surface area contributed by atoms with Crippen LogP contribution in [0.5, 0.6) is 0 Å². The molecular formula is C16H11F2N3. The van der Waals surface area contributed by atoms with Gasteiger partial charge in [0.1, 0.15) is 11.6 Å². The summed E-state index contributed by atoms with van der Waals surface area (Å²) in [6.45, 7) is 1.61. The van der Waals surface area contributed by atoms with E-state index in [1.807, 2.05) is 6.07 Å². The Bertz CT molecular complexity index is 718. The number of hydrogen-bond acceptors (Lipinski definition) is 3. The highest BCUT2D eigenvalue weighted by Gasteiger charge is 2.07. The molecule has 5 heteroatoms. The number of nitriles is 1. The van der Waals surface area contributed by atoms with E-state index < -0.39 is 11.6 Å². The molecule has 0 heterocycles. The Morgan fingerprint density at radius 1 is 1.00 bits per heavy atom. The monoisotopic (exact) mass is 283 g/mol. The second kappa shape index (κ2) is 6.53. The summed E-state index contributed by atoms with van der Waals surface area (Å²) in [5.41, 5.74) is 1.55. The second-order valence-electron chi connectivity index (χ2n) is 4.37. The van der Waals surface area contributed by atoms with E-state index in [0.717, 1.165) is 11.8 Å². The molecule has 0 amide bonds. The third-order valence-corrected chi connectivity index (χ3v) is 2.72. The minimum atomic E-state index is -0.676. The summed E-state index contributed by atoms with van der Waals surface area (Å²) in [5, 5.41) is 16.0. The highest BCUT2D eigenvalue weighted by atomic mass is 19.1. The first-order chi connectivity index (χ1) is 10.1. The molecule has 0 spiro atoms. The van der Waals surface area contributed by atoms with Crippen molar-refractivity contribution in [1.82, 2.24) is 0 Å². The van der Waals surface area contributed by atoms with Crippen LogP contribution in [0.2, 0.25) is 0 Å². The van der Waals surface area contributed by atoms with Gasteiger partial charge in [0.2, 0.25) is 0 Å². The summed E-state index contributed by atoms with van der Waals surface area (Å²) in [6.07, 6.45) is 2.46. The van der Waals surface area contributed by atoms with E-state index >= 15 is 0 Å². The van der Waals surface area contributed by atoms with Gasteiger partial charge < -0.3 is 0 Å². The van der Waals surface area contributed by atoms with E-state index in [9.17, 15) is 8.78 Å². The molecule has 0 fully saturated rings. The van der Waals surface area contributed by atoms with Crippen molar-refractivity contribution in [2.24, 2.45) is 10.2 Å². The Morgan fingerprint density at radius 3 is 2.14 bits per heavy atom. The van der Waals surface area contributed by atoms with E-state index in [4.69, 9.17) is 5.26 Å². The topological polar surface area (TPSA) is 48.5 Å². The van der Waals surface area contributed by atoms with E-state index in [0.29, 0.717) is 11.1 Å². The van der Waals surface area contributed by atoms with Gasteiger partial charge in [-0.2, -0.15) is 15.5 Å². The SMILES string of the molecule is Cc1cc(F)c(/C=N/N=C/c2ccc(C#N)cc2)c(F)c1. The van der Waals surface area contributed by atoms with E-state index in [-0.39, 0.29) is 5.56 Å². The van der Waals surface area contributed by atoms with Gasteiger partial charge in [0, 0.05) is 0 Å². The zero-order valence-electron chi connectivity index (χ0n) is 11.2. The molecule has 2 aromatic rings. The number of aryl methyl sites for hydroxylation is 1. The zero-order valence-corrected chi connectivity index (χ0v) is 11.2. The molecule has 0 N–H and O–H groups in total. The maximum atomic E-state index is 13.5. The Kier molecular flexibility index (Phi) is 4.52. The molecule has 0 aliphatic carbocycles. The van der Waals surface area contributed by atoms with Crippen LogP contribution in [0, 0.1) is 29.9 Å². The smallest absolute Gasteiger partial charge is 0.135 e. The maximum Gasteiger partial charge on any atom is 0.135 e. The van der Waals surface area contributed by atoms with Crippen molar-refractivity contribution in [3.8, 4) is 6.07 Å². The zero-order chi connectivity index (χ0) is 15.2. The van der Waals surface area contributed by atoms with Gasteiger partial charge >= 0.3 is 0 Å². The molecule has 0 saturated carbocycles. The van der Waals surface area contributed by atoms with Gasteiger partial charge in [0.05, 0.1) is 29.6 Å². The van der Waals surface area contributed by atoms with Gasteiger partial charge in [-0.1, -0.05) is 12.1 Å². The van der Waals surface area contributed by atoms with Gasteiger partial charge in [0.25, 0.3) is 0 Å². The largest absolute Gasteiger partial charge is 0.206 e. The number of rotatable bonds is 3. The standard InChI is InChI=1S/C16H11F2N3/c1-11-6-15(17)14(16(18)7-11)10-21-20-9-13-4-2-12(8-19)3-5-13/h2-7,9-10H,1H3/b20-9+,21-10+. The molecule has 21 heavy (non-hydrogen) atoms. The molecule has 0 atom stereocenters. The molecule has 104 valence electrons. The number of benzene rings is 2. The van der Waals surface area contributed by atoms with Gasteiger partial charge in [-0.25, -0.2) is 8.78 Å². The molecular weight excluding hydrogens is 272 g/mol. The molecule has 0 aromatic heterocycles. The third-order valence-electron chi connectivity index (χ3n) is 2.72. The van der Waals surface area contributed by atoms with Crippen molar-refractivity contribution in [2.45, 2.75) is 6.92 Å². The van der Waals surface area contributed by atoms with Crippen LogP contribution in [0.15, 0.2) is 46.6 Å². The van der Waals surface area contributed by atoms with Crippen LogP contribution in [0.1, 0.15) is 22.3 Å². The molecule has 0 aliphatic heterocycles. The lowest BCUT2D eigenvalue weighted by molar-refractivity contribution is 0.578. The molecule has 3 nitrogen and oxygen atoms in total. The Labute approximate surface area is 120 Å². The molecule has 0 unspecified atom stereocenters. The molecule has 2 rings (SSSR count). The normalized spacial score (nSPS) is 11.1. The molecule has 0 aliphatic rings. The molecule has 0 saturated heterocycles. The van der Waals surface area contributed by atoms with E-state index in [1.54, 1.807) is 31.2 Å². The fourth-order valence-electron chi connectivity index (χ4n) is 1.67. The van der Waals surface area contributed by atoms with Crippen LogP contribution in [0.4, 0.5) is 8.78 Å². The average Bonchev–Trinajstić information content (AvgIpc) is 2.46. The third kappa shape index (κ3) is 3.80. The van der Waals surface area contributed by atoms with Crippen molar-refractivity contribution in [1.29, 1.82) is 5.26 Å². The van der Waals surface area contributed by atoms with Crippen LogP contribution in [-0.4, -0.2) is 12.4 Å². The Balaban J connectivity index is 2.12. The highest BCUT2D eigenvalue weighted by Crippen LogP contribution is 2.13. The van der Waals surface area contributed by atoms with Gasteiger partial charge in [0.15, 0.2) is 0 Å². The van der Waals surface area contributed by atoms with Crippen molar-refractivity contribution in [3.63, 3.8) is 0 Å². The lowest BCUT2D eigenvalue weighted by atomic mass is 10.1. The first kappa shape index (κ1) is 14.5. The summed E-state index contributed by atoms with van der Waals surface area (Å²) in [5.74, 6) is -1.35. The summed E-state index contributed by atoms with van der Waals surface area (Å²) in [6, 6.07) is 11.1. The second-order valence-corrected chi connectivity index (χ2v) is 4.37. The predicted octanol–water partition coefficient (Wildman–Crippen LogP) is 3.60. The first-order valence-corrected chi connectivity index (χ1v) is 6.12. The highest BCUT2D eigenvalue weighted by molar-refractivity contribution is 5.83. The number of nitrogens with zero attached hydrogens (tertiary/aromatic N) is 3. The van der Waals surface area contributed by atoms with Crippen LogP contribution in [-0.2, 0) is 0 Å². The lowest BCUT2D eigenvalue weighted by Gasteiger charge is -1.99. The summed E-state index contributed by atoms with van der Waals surface area (Å²) in [7, 11) is 0. The number of hydrogen-bond donors (Lipinski definition) is 0. The fraction of sp³-hybridized carbons (Fsp3) is 0.0625. The summed E-state index contributed by atoms with van der Waals surface area (Å²) >= 11 is 0. The van der Waals surface area contributed by atoms with Crippen molar-refractivity contribution in [2.75, 3.05) is 0 Å². The van der Waals surface area contributed by atoms with Crippen molar-refractivity contribution in [3.05, 3.63) is 70.3 Å². The quantitative estimate of drug-likeness (QED) is 0.627. The maximum absolute atomic E-state index is 13.5. The fourth-order valence-corrected chi connectivity index (χ4v) is 1.67. The Hall–Kier alpha value is -2.87. The summed E-state index contributed by atoms with van der Waals surface area (Å²) in [4.78, 5) is 0. The first-order valence-electron chi connectivity index (χ1n) is 6.12. The van der Waals surface area contributed by atoms with Crippen LogP contribution >= 0.6 is 0 Å². The van der Waals surface area contributed by atoms with Crippen LogP contribution in [0.25, 0.3) is 0 Å². The van der Waals surface area contributed by atoms with Crippen LogP contribution in [0.3, 0.4) is 0 Å². The minimum Gasteiger partial charge on any atom is -0.206 e. The summed E-state index contributed by atoms with van der Waals surface area (Å²) < 4.78 is 27.1. The van der Waals surface area contributed by atoms with Crippen molar-refractivity contribution >= 4 is 12.4 Å². The lowest BCUT2D eigenvalue weighted by Crippen LogP contribution is -1.95. The predicted molar refractivity (Wildman–Crippen MR) is 77.4 cm³/mol. The van der Waals surface area contributed by atoms with Gasteiger partial charge in [-0.05, 0) is 42.3 Å². The van der Waals surface area contributed by atoms with Crippen LogP contribution < -0.4 is 0 Å². The van der Waals surface area contributed by atoms with E-state index in [2.05, 4.69) is 10.2 Å². The van der Waals surface area contributed by atoms with Gasteiger partial charge in [-0.3, -0.25) is 0 Å². The average molecular weight is 283 g/mol. The molecule has 0 bridgehead atoms. The van der Waals surface area contributed by atoms with Gasteiger partial charge in [-0.15, -0.1) is 0 Å². The minimum absolute atomic E-state index is 0.224. The molecule has 2 aromatic carbocycles. The number of halogens is 2. The molecule has 0 radical (unpaired) electrons. The van der Waals surface area contributed by atoms with Crippen molar-refractivity contribution < 1.29 is 8.78 Å². The van der Waals surface area contributed by atoms with E-state index in [1.165, 1.54) is 18.3 Å². The Morgan fingerprint density at radius 2 is 1.57 bits per heavy atom.